The Hall–Kier alpha value is -2.87. The number of carbonyl (C=O) groups excluding carboxylic acids is 2. The zero-order valence-corrected chi connectivity index (χ0v) is 15.9. The Labute approximate surface area is 158 Å². The van der Waals surface area contributed by atoms with Crippen LogP contribution in [0.4, 0.5) is 10.5 Å². The number of hydrogen-bond acceptors (Lipinski definition) is 6. The number of methoxy groups -OCH3 is 1. The molecule has 144 valence electrons. The van der Waals surface area contributed by atoms with E-state index in [0.29, 0.717) is 5.69 Å². The van der Waals surface area contributed by atoms with Crippen LogP contribution in [0.15, 0.2) is 59.5 Å². The lowest BCUT2D eigenvalue weighted by molar-refractivity contribution is 0.0506. The fourth-order valence-electron chi connectivity index (χ4n) is 2.41. The number of anilines is 1. The normalized spacial score (nSPS) is 10.9. The fourth-order valence-corrected chi connectivity index (χ4v) is 3.72. The Balaban J connectivity index is 1.96. The van der Waals surface area contributed by atoms with Gasteiger partial charge in [-0.05, 0) is 30.7 Å². The molecule has 0 unspecified atom stereocenters. The summed E-state index contributed by atoms with van der Waals surface area (Å²) in [7, 11) is -0.700. The van der Waals surface area contributed by atoms with Crippen LogP contribution < -0.4 is 4.90 Å². The molecule has 0 fully saturated rings. The molecule has 2 aromatic carbocycles. The molecule has 2 aromatic rings. The van der Waals surface area contributed by atoms with Crippen LogP contribution in [0.1, 0.15) is 16.8 Å². The number of carbonyl (C=O) groups is 2. The Kier molecular flexibility index (Phi) is 6.95. The van der Waals surface area contributed by atoms with Gasteiger partial charge in [0.1, 0.15) is 0 Å². The lowest BCUT2D eigenvalue weighted by atomic mass is 10.1. The van der Waals surface area contributed by atoms with Gasteiger partial charge in [0.2, 0.25) is 0 Å². The van der Waals surface area contributed by atoms with E-state index in [9.17, 15) is 18.0 Å². The summed E-state index contributed by atoms with van der Waals surface area (Å²) in [5.74, 6) is -0.771. The van der Waals surface area contributed by atoms with Crippen molar-refractivity contribution in [3.8, 4) is 0 Å². The molecule has 0 N–H and O–H groups in total. The summed E-state index contributed by atoms with van der Waals surface area (Å²) in [4.78, 5) is 25.4. The molecule has 0 bridgehead atoms. The maximum Gasteiger partial charge on any atom is 0.413 e. The first-order chi connectivity index (χ1) is 12.9. The predicted molar refractivity (Wildman–Crippen MR) is 101 cm³/mol. The van der Waals surface area contributed by atoms with E-state index in [4.69, 9.17) is 4.74 Å². The van der Waals surface area contributed by atoms with E-state index in [1.165, 1.54) is 37.3 Å². The summed E-state index contributed by atoms with van der Waals surface area (Å²) in [5.41, 5.74) is 0.530. The smallest absolute Gasteiger partial charge is 0.413 e. The lowest BCUT2D eigenvalue weighted by Gasteiger charge is -2.18. The minimum atomic E-state index is -3.42. The molecule has 0 spiro atoms. The van der Waals surface area contributed by atoms with E-state index >= 15 is 0 Å². The van der Waals surface area contributed by atoms with Gasteiger partial charge in [0, 0.05) is 7.05 Å². The summed E-state index contributed by atoms with van der Waals surface area (Å²) in [6.07, 6.45) is -0.456. The third kappa shape index (κ3) is 5.30. The standard InChI is InChI=1S/C19H21NO6S/c1-20(19(22)25-2)17-12-7-6-11-16(17)18(21)26-13-8-14-27(23,24)15-9-4-3-5-10-15/h3-7,9-12H,8,13-14H2,1-2H3. The second kappa shape index (κ2) is 9.18. The number of sulfone groups is 1. The van der Waals surface area contributed by atoms with Gasteiger partial charge in [-0.1, -0.05) is 30.3 Å². The van der Waals surface area contributed by atoms with E-state index in [-0.39, 0.29) is 29.2 Å². The van der Waals surface area contributed by atoms with Crippen LogP contribution >= 0.6 is 0 Å². The van der Waals surface area contributed by atoms with Gasteiger partial charge in [-0.25, -0.2) is 18.0 Å². The Bertz CT molecular complexity index is 895. The average molecular weight is 391 g/mol. The molecule has 2 rings (SSSR count). The molecule has 7 nitrogen and oxygen atoms in total. The first-order valence-electron chi connectivity index (χ1n) is 8.22. The molecular formula is C19H21NO6S. The largest absolute Gasteiger partial charge is 0.462 e. The van der Waals surface area contributed by atoms with Crippen molar-refractivity contribution in [1.29, 1.82) is 0 Å². The number of esters is 1. The van der Waals surface area contributed by atoms with Crippen molar-refractivity contribution in [2.45, 2.75) is 11.3 Å². The molecule has 0 aliphatic carbocycles. The molecule has 1 amide bonds. The van der Waals surface area contributed by atoms with E-state index in [0.717, 1.165) is 0 Å². The summed E-state index contributed by atoms with van der Waals surface area (Å²) < 4.78 is 34.2. The first-order valence-corrected chi connectivity index (χ1v) is 9.87. The van der Waals surface area contributed by atoms with Gasteiger partial charge in [-0.2, -0.15) is 0 Å². The monoisotopic (exact) mass is 391 g/mol. The average Bonchev–Trinajstić information content (AvgIpc) is 2.70. The Morgan fingerprint density at radius 2 is 1.63 bits per heavy atom. The van der Waals surface area contributed by atoms with Crippen molar-refractivity contribution in [1.82, 2.24) is 0 Å². The number of benzene rings is 2. The second-order valence-electron chi connectivity index (χ2n) is 5.67. The molecule has 0 aliphatic rings. The topological polar surface area (TPSA) is 90.0 Å². The SMILES string of the molecule is COC(=O)N(C)c1ccccc1C(=O)OCCCS(=O)(=O)c1ccccc1. The second-order valence-corrected chi connectivity index (χ2v) is 7.78. The quantitative estimate of drug-likeness (QED) is 0.532. The third-order valence-electron chi connectivity index (χ3n) is 3.83. The van der Waals surface area contributed by atoms with Gasteiger partial charge < -0.3 is 9.47 Å². The van der Waals surface area contributed by atoms with Crippen LogP contribution in [0, 0.1) is 0 Å². The molecule has 0 aromatic heterocycles. The van der Waals surface area contributed by atoms with E-state index < -0.39 is 21.9 Å². The van der Waals surface area contributed by atoms with Crippen molar-refractivity contribution in [3.63, 3.8) is 0 Å². The van der Waals surface area contributed by atoms with Gasteiger partial charge >= 0.3 is 12.1 Å². The highest BCUT2D eigenvalue weighted by atomic mass is 32.2. The van der Waals surface area contributed by atoms with Crippen LogP contribution in [-0.2, 0) is 19.3 Å². The number of rotatable bonds is 7. The summed E-state index contributed by atoms with van der Waals surface area (Å²) in [5, 5.41) is 0. The van der Waals surface area contributed by atoms with Crippen LogP contribution in [-0.4, -0.2) is 47.0 Å². The third-order valence-corrected chi connectivity index (χ3v) is 5.64. The molecule has 0 saturated carbocycles. The summed E-state index contributed by atoms with van der Waals surface area (Å²) in [6.45, 7) is -0.0544. The van der Waals surface area contributed by atoms with Crippen molar-refractivity contribution < 1.29 is 27.5 Å². The molecular weight excluding hydrogens is 370 g/mol. The molecule has 27 heavy (non-hydrogen) atoms. The summed E-state index contributed by atoms with van der Waals surface area (Å²) in [6, 6.07) is 14.5. The number of hydrogen-bond donors (Lipinski definition) is 0. The number of para-hydroxylation sites is 1. The number of ether oxygens (including phenoxy) is 2. The van der Waals surface area contributed by atoms with Gasteiger partial charge in [-0.3, -0.25) is 4.90 Å². The van der Waals surface area contributed by atoms with Crippen LogP contribution in [0.25, 0.3) is 0 Å². The van der Waals surface area contributed by atoms with Gasteiger partial charge in [-0.15, -0.1) is 0 Å². The minimum absolute atomic E-state index is 0.0544. The van der Waals surface area contributed by atoms with Crippen LogP contribution in [0.2, 0.25) is 0 Å². The highest BCUT2D eigenvalue weighted by Gasteiger charge is 2.20. The van der Waals surface area contributed by atoms with Crippen molar-refractivity contribution in [2.75, 3.05) is 31.4 Å². The number of amides is 1. The van der Waals surface area contributed by atoms with Crippen LogP contribution in [0.5, 0.6) is 0 Å². The Morgan fingerprint density at radius 3 is 2.30 bits per heavy atom. The van der Waals surface area contributed by atoms with Gasteiger partial charge in [0.15, 0.2) is 9.84 Å². The zero-order valence-electron chi connectivity index (χ0n) is 15.1. The van der Waals surface area contributed by atoms with Crippen molar-refractivity contribution in [3.05, 3.63) is 60.2 Å². The maximum absolute atomic E-state index is 12.3. The fraction of sp³-hybridized carbons (Fsp3) is 0.263. The van der Waals surface area contributed by atoms with Gasteiger partial charge in [0.25, 0.3) is 0 Å². The zero-order chi connectivity index (χ0) is 19.9. The molecule has 8 heteroatoms. The molecule has 0 radical (unpaired) electrons. The highest BCUT2D eigenvalue weighted by Crippen LogP contribution is 2.21. The van der Waals surface area contributed by atoms with E-state index in [1.54, 1.807) is 36.4 Å². The first kappa shape index (κ1) is 20.4. The van der Waals surface area contributed by atoms with Crippen molar-refractivity contribution >= 4 is 27.6 Å². The van der Waals surface area contributed by atoms with Crippen molar-refractivity contribution in [2.24, 2.45) is 0 Å². The maximum atomic E-state index is 12.3. The molecule has 0 heterocycles. The lowest BCUT2D eigenvalue weighted by Crippen LogP contribution is -2.27. The molecule has 0 atom stereocenters. The van der Waals surface area contributed by atoms with Gasteiger partial charge in [0.05, 0.1) is 35.6 Å². The van der Waals surface area contributed by atoms with E-state index in [2.05, 4.69) is 4.74 Å². The number of nitrogens with zero attached hydrogens (tertiary/aromatic N) is 1. The van der Waals surface area contributed by atoms with E-state index in [1.807, 2.05) is 0 Å². The Morgan fingerprint density at radius 1 is 1.00 bits per heavy atom. The summed E-state index contributed by atoms with van der Waals surface area (Å²) >= 11 is 0. The minimum Gasteiger partial charge on any atom is -0.462 e. The highest BCUT2D eigenvalue weighted by molar-refractivity contribution is 7.91. The predicted octanol–water partition coefficient (Wildman–Crippen LogP) is 2.91. The van der Waals surface area contributed by atoms with Crippen LogP contribution in [0.3, 0.4) is 0 Å². The molecule has 0 aliphatic heterocycles. The molecule has 0 saturated heterocycles.